The van der Waals surface area contributed by atoms with E-state index in [1.54, 1.807) is 13.3 Å². The Balaban J connectivity index is 1.87. The van der Waals surface area contributed by atoms with Crippen molar-refractivity contribution in [1.82, 2.24) is 9.97 Å². The molecule has 4 nitrogen and oxygen atoms in total. The number of aromatic nitrogens is 2. The molecule has 2 aromatic rings. The van der Waals surface area contributed by atoms with E-state index in [9.17, 15) is 0 Å². The number of halogens is 1. The lowest BCUT2D eigenvalue weighted by Crippen LogP contribution is -1.99. The molecule has 0 spiro atoms. The normalized spacial score (nSPS) is 10.4. The van der Waals surface area contributed by atoms with Crippen molar-refractivity contribution in [3.63, 3.8) is 0 Å². The molecular weight excluding hydrogens is 264 g/mol. The van der Waals surface area contributed by atoms with Gasteiger partial charge in [0, 0.05) is 7.11 Å². The highest BCUT2D eigenvalue weighted by Crippen LogP contribution is 2.14. The Morgan fingerprint density at radius 1 is 1.11 bits per heavy atom. The molecule has 1 heterocycles. The summed E-state index contributed by atoms with van der Waals surface area (Å²) in [6.07, 6.45) is 4.02. The molecule has 5 heteroatoms. The van der Waals surface area contributed by atoms with Gasteiger partial charge in [0.2, 0.25) is 0 Å². The van der Waals surface area contributed by atoms with Gasteiger partial charge in [0.15, 0.2) is 0 Å². The van der Waals surface area contributed by atoms with Crippen LogP contribution in [0.4, 0.5) is 0 Å². The van der Waals surface area contributed by atoms with Gasteiger partial charge in [0.25, 0.3) is 0 Å². The third-order valence-corrected chi connectivity index (χ3v) is 2.77. The molecule has 0 aliphatic carbocycles. The van der Waals surface area contributed by atoms with Gasteiger partial charge in [-0.25, -0.2) is 4.98 Å². The van der Waals surface area contributed by atoms with Crippen molar-refractivity contribution in [2.75, 3.05) is 13.7 Å². The van der Waals surface area contributed by atoms with Crippen LogP contribution in [0.1, 0.15) is 11.3 Å². The molecule has 0 saturated heterocycles. The molecule has 0 radical (unpaired) electrons. The van der Waals surface area contributed by atoms with Crippen LogP contribution in [0.5, 0.6) is 5.75 Å². The summed E-state index contributed by atoms with van der Waals surface area (Å²) in [5.74, 6) is 0.804. The largest absolute Gasteiger partial charge is 0.487 e. The lowest BCUT2D eigenvalue weighted by molar-refractivity contribution is 0.202. The Morgan fingerprint density at radius 2 is 1.89 bits per heavy atom. The van der Waals surface area contributed by atoms with Crippen molar-refractivity contribution in [3.8, 4) is 5.75 Å². The fourth-order valence-corrected chi connectivity index (χ4v) is 1.64. The minimum absolute atomic E-state index is 0.377. The Hall–Kier alpha value is -1.65. The van der Waals surface area contributed by atoms with Crippen LogP contribution in [-0.4, -0.2) is 23.7 Å². The second-order valence-electron chi connectivity index (χ2n) is 4.01. The standard InChI is InChI=1S/C14H15ClN2O2/c1-18-7-6-11-2-4-13(5-3-11)19-10-12-8-17-14(15)9-16-12/h2-5,8-9H,6-7,10H2,1H3. The fourth-order valence-electron chi connectivity index (χ4n) is 1.54. The van der Waals surface area contributed by atoms with Crippen LogP contribution in [0.25, 0.3) is 0 Å². The van der Waals surface area contributed by atoms with Crippen LogP contribution in [0, 0.1) is 0 Å². The molecule has 0 aliphatic rings. The molecule has 2 rings (SSSR count). The first-order valence-corrected chi connectivity index (χ1v) is 6.33. The Bertz CT molecular complexity index is 500. The maximum absolute atomic E-state index is 5.66. The van der Waals surface area contributed by atoms with E-state index in [0.29, 0.717) is 11.8 Å². The molecule has 0 fully saturated rings. The minimum atomic E-state index is 0.377. The van der Waals surface area contributed by atoms with Crippen LogP contribution < -0.4 is 4.74 Å². The van der Waals surface area contributed by atoms with Gasteiger partial charge in [-0.15, -0.1) is 0 Å². The van der Waals surface area contributed by atoms with Crippen molar-refractivity contribution in [2.45, 2.75) is 13.0 Å². The molecule has 0 N–H and O–H groups in total. The molecule has 0 amide bonds. The highest BCUT2D eigenvalue weighted by molar-refractivity contribution is 6.29. The Kier molecular flexibility index (Phi) is 5.12. The summed E-state index contributed by atoms with van der Waals surface area (Å²) in [4.78, 5) is 8.06. The van der Waals surface area contributed by atoms with E-state index in [2.05, 4.69) is 9.97 Å². The molecule has 0 bridgehead atoms. The first-order valence-electron chi connectivity index (χ1n) is 5.95. The van der Waals surface area contributed by atoms with Gasteiger partial charge in [-0.3, -0.25) is 4.98 Å². The number of hydrogen-bond donors (Lipinski definition) is 0. The van der Waals surface area contributed by atoms with Crippen LogP contribution in [0.3, 0.4) is 0 Å². The third kappa shape index (κ3) is 4.50. The van der Waals surface area contributed by atoms with E-state index < -0.39 is 0 Å². The highest BCUT2D eigenvalue weighted by Gasteiger charge is 1.99. The van der Waals surface area contributed by atoms with Crippen LogP contribution in [0.2, 0.25) is 5.15 Å². The Labute approximate surface area is 117 Å². The van der Waals surface area contributed by atoms with Crippen LogP contribution >= 0.6 is 11.6 Å². The predicted octanol–water partition coefficient (Wildman–Crippen LogP) is 2.90. The number of hydrogen-bond acceptors (Lipinski definition) is 4. The topological polar surface area (TPSA) is 44.2 Å². The summed E-state index contributed by atoms with van der Waals surface area (Å²) in [5, 5.41) is 0.381. The van der Waals surface area contributed by atoms with Crippen LogP contribution in [-0.2, 0) is 17.8 Å². The van der Waals surface area contributed by atoms with E-state index in [-0.39, 0.29) is 0 Å². The van der Waals surface area contributed by atoms with Crippen molar-refractivity contribution < 1.29 is 9.47 Å². The summed E-state index contributed by atoms with van der Waals surface area (Å²) in [7, 11) is 1.70. The fraction of sp³-hybridized carbons (Fsp3) is 0.286. The van der Waals surface area contributed by atoms with E-state index in [1.165, 1.54) is 11.8 Å². The molecular formula is C14H15ClN2O2. The summed E-state index contributed by atoms with van der Waals surface area (Å²) in [5.41, 5.74) is 1.97. The van der Waals surface area contributed by atoms with Crippen LogP contribution in [0.15, 0.2) is 36.7 Å². The first kappa shape index (κ1) is 13.8. The van der Waals surface area contributed by atoms with Gasteiger partial charge in [-0.2, -0.15) is 0 Å². The molecule has 100 valence electrons. The quantitative estimate of drug-likeness (QED) is 0.815. The zero-order valence-electron chi connectivity index (χ0n) is 10.7. The molecule has 19 heavy (non-hydrogen) atoms. The number of methoxy groups -OCH3 is 1. The summed E-state index contributed by atoms with van der Waals surface area (Å²) < 4.78 is 10.6. The zero-order chi connectivity index (χ0) is 13.5. The smallest absolute Gasteiger partial charge is 0.147 e. The summed E-state index contributed by atoms with van der Waals surface area (Å²) >= 11 is 5.66. The number of nitrogens with zero attached hydrogens (tertiary/aromatic N) is 2. The molecule has 0 atom stereocenters. The first-order chi connectivity index (χ1) is 9.28. The van der Waals surface area contributed by atoms with E-state index in [4.69, 9.17) is 21.1 Å². The average molecular weight is 279 g/mol. The highest BCUT2D eigenvalue weighted by atomic mass is 35.5. The molecule has 1 aromatic carbocycles. The van der Waals surface area contributed by atoms with Gasteiger partial charge >= 0.3 is 0 Å². The SMILES string of the molecule is COCCc1ccc(OCc2cnc(Cl)cn2)cc1. The van der Waals surface area contributed by atoms with Gasteiger partial charge in [-0.05, 0) is 24.1 Å². The maximum Gasteiger partial charge on any atom is 0.147 e. The lowest BCUT2D eigenvalue weighted by atomic mass is 10.1. The summed E-state index contributed by atoms with van der Waals surface area (Å²) in [6, 6.07) is 7.94. The Morgan fingerprint density at radius 3 is 2.53 bits per heavy atom. The predicted molar refractivity (Wildman–Crippen MR) is 73.4 cm³/mol. The monoisotopic (exact) mass is 278 g/mol. The number of benzene rings is 1. The zero-order valence-corrected chi connectivity index (χ0v) is 11.4. The maximum atomic E-state index is 5.66. The van der Waals surface area contributed by atoms with Gasteiger partial charge in [-0.1, -0.05) is 23.7 Å². The van der Waals surface area contributed by atoms with Crippen molar-refractivity contribution in [1.29, 1.82) is 0 Å². The average Bonchev–Trinajstić information content (AvgIpc) is 2.46. The lowest BCUT2D eigenvalue weighted by Gasteiger charge is -2.06. The van der Waals surface area contributed by atoms with Gasteiger partial charge in [0.1, 0.15) is 17.5 Å². The second-order valence-corrected chi connectivity index (χ2v) is 4.39. The number of rotatable bonds is 6. The van der Waals surface area contributed by atoms with E-state index >= 15 is 0 Å². The van der Waals surface area contributed by atoms with Gasteiger partial charge < -0.3 is 9.47 Å². The van der Waals surface area contributed by atoms with Crippen molar-refractivity contribution in [2.24, 2.45) is 0 Å². The van der Waals surface area contributed by atoms with Crippen molar-refractivity contribution >= 4 is 11.6 Å². The summed E-state index contributed by atoms with van der Waals surface area (Å²) in [6.45, 7) is 1.10. The third-order valence-electron chi connectivity index (χ3n) is 2.58. The molecule has 1 aromatic heterocycles. The van der Waals surface area contributed by atoms with Gasteiger partial charge in [0.05, 0.1) is 24.7 Å². The molecule has 0 saturated carbocycles. The van der Waals surface area contributed by atoms with E-state index in [1.807, 2.05) is 24.3 Å². The number of ether oxygens (including phenoxy) is 2. The molecule has 0 unspecified atom stereocenters. The van der Waals surface area contributed by atoms with E-state index in [0.717, 1.165) is 24.5 Å². The molecule has 0 aliphatic heterocycles. The minimum Gasteiger partial charge on any atom is -0.487 e. The second kappa shape index (κ2) is 7.07. The van der Waals surface area contributed by atoms with Crippen molar-refractivity contribution in [3.05, 3.63) is 53.1 Å².